The van der Waals surface area contributed by atoms with Gasteiger partial charge >= 0.3 is 0 Å². The number of hydrogen-bond donors (Lipinski definition) is 0. The van der Waals surface area contributed by atoms with Gasteiger partial charge in [-0.2, -0.15) is 11.8 Å². The highest BCUT2D eigenvalue weighted by Gasteiger charge is 2.20. The van der Waals surface area contributed by atoms with Crippen LogP contribution in [0.1, 0.15) is 5.56 Å². The molecule has 3 heterocycles. The number of ether oxygens (including phenoxy) is 1. The maximum Gasteiger partial charge on any atom is 0.134 e. The zero-order valence-electron chi connectivity index (χ0n) is 15.9. The van der Waals surface area contributed by atoms with E-state index in [0.29, 0.717) is 0 Å². The van der Waals surface area contributed by atoms with E-state index < -0.39 is 0 Å². The SMILES string of the molecule is COc1ccccc1CN1CCN(c2cc(N3CCSCC3)ncn2)CC1. The van der Waals surface area contributed by atoms with E-state index in [9.17, 15) is 0 Å². The summed E-state index contributed by atoms with van der Waals surface area (Å²) >= 11 is 2.02. The fraction of sp³-hybridized carbons (Fsp3) is 0.500. The zero-order chi connectivity index (χ0) is 18.5. The minimum atomic E-state index is 0.929. The lowest BCUT2D eigenvalue weighted by Gasteiger charge is -2.36. The fourth-order valence-electron chi connectivity index (χ4n) is 3.69. The Balaban J connectivity index is 1.36. The first kappa shape index (κ1) is 18.4. The van der Waals surface area contributed by atoms with E-state index in [1.807, 2.05) is 23.9 Å². The first-order valence-electron chi connectivity index (χ1n) is 9.57. The molecular formula is C20H27N5OS. The summed E-state index contributed by atoms with van der Waals surface area (Å²) in [7, 11) is 1.74. The largest absolute Gasteiger partial charge is 0.496 e. The lowest BCUT2D eigenvalue weighted by atomic mass is 10.1. The van der Waals surface area contributed by atoms with Gasteiger partial charge in [0.15, 0.2) is 0 Å². The van der Waals surface area contributed by atoms with Crippen LogP contribution in [0.5, 0.6) is 5.75 Å². The molecule has 0 spiro atoms. The maximum absolute atomic E-state index is 5.49. The third-order valence-corrected chi connectivity index (χ3v) is 6.20. The highest BCUT2D eigenvalue weighted by atomic mass is 32.2. The second kappa shape index (κ2) is 8.80. The molecule has 1 aromatic heterocycles. The number of anilines is 2. The van der Waals surface area contributed by atoms with Gasteiger partial charge in [0.1, 0.15) is 23.7 Å². The first-order valence-corrected chi connectivity index (χ1v) is 10.7. The van der Waals surface area contributed by atoms with E-state index in [1.165, 1.54) is 17.1 Å². The van der Waals surface area contributed by atoms with Crippen molar-refractivity contribution in [3.8, 4) is 5.75 Å². The Bertz CT molecular complexity index is 745. The van der Waals surface area contributed by atoms with Gasteiger partial charge in [-0.3, -0.25) is 4.90 Å². The molecule has 0 bridgehead atoms. The Morgan fingerprint density at radius 3 is 2.30 bits per heavy atom. The van der Waals surface area contributed by atoms with Crippen LogP contribution in [-0.2, 0) is 6.54 Å². The molecule has 27 heavy (non-hydrogen) atoms. The number of piperazine rings is 1. The molecule has 2 aliphatic heterocycles. The van der Waals surface area contributed by atoms with Crippen LogP contribution in [0.2, 0.25) is 0 Å². The van der Waals surface area contributed by atoms with Crippen molar-refractivity contribution in [1.29, 1.82) is 0 Å². The van der Waals surface area contributed by atoms with Crippen molar-refractivity contribution in [2.24, 2.45) is 0 Å². The van der Waals surface area contributed by atoms with Crippen LogP contribution >= 0.6 is 11.8 Å². The summed E-state index contributed by atoms with van der Waals surface area (Å²) in [4.78, 5) is 16.3. The topological polar surface area (TPSA) is 44.7 Å². The number of hydrogen-bond acceptors (Lipinski definition) is 7. The van der Waals surface area contributed by atoms with Crippen molar-refractivity contribution in [1.82, 2.24) is 14.9 Å². The smallest absolute Gasteiger partial charge is 0.134 e. The van der Waals surface area contributed by atoms with Gasteiger partial charge in [-0.1, -0.05) is 18.2 Å². The summed E-state index contributed by atoms with van der Waals surface area (Å²) in [6.45, 7) is 7.11. The molecule has 2 aromatic rings. The summed E-state index contributed by atoms with van der Waals surface area (Å²) in [5, 5.41) is 0. The Kier molecular flexibility index (Phi) is 5.99. The van der Waals surface area contributed by atoms with Crippen molar-refractivity contribution >= 4 is 23.4 Å². The van der Waals surface area contributed by atoms with Gasteiger partial charge in [0.2, 0.25) is 0 Å². The standard InChI is InChI=1S/C20H27N5OS/c1-26-18-5-3-2-4-17(18)15-23-6-8-24(9-7-23)19-14-20(22-16-21-19)25-10-12-27-13-11-25/h2-5,14,16H,6-13,15H2,1H3. The Labute approximate surface area is 165 Å². The van der Waals surface area contributed by atoms with Crippen LogP contribution in [0.4, 0.5) is 11.6 Å². The average molecular weight is 386 g/mol. The molecule has 144 valence electrons. The molecule has 0 radical (unpaired) electrons. The summed E-state index contributed by atoms with van der Waals surface area (Å²) in [6.07, 6.45) is 1.72. The van der Waals surface area contributed by atoms with Gasteiger partial charge in [0.25, 0.3) is 0 Å². The summed E-state index contributed by atoms with van der Waals surface area (Å²) in [5.41, 5.74) is 1.25. The van der Waals surface area contributed by atoms with E-state index >= 15 is 0 Å². The van der Waals surface area contributed by atoms with E-state index in [0.717, 1.165) is 63.2 Å². The second-order valence-corrected chi connectivity index (χ2v) is 8.13. The van der Waals surface area contributed by atoms with Crippen molar-refractivity contribution in [2.75, 3.05) is 67.7 Å². The number of aromatic nitrogens is 2. The quantitative estimate of drug-likeness (QED) is 0.783. The third-order valence-electron chi connectivity index (χ3n) is 5.26. The van der Waals surface area contributed by atoms with Gasteiger partial charge in [-0.25, -0.2) is 9.97 Å². The first-order chi connectivity index (χ1) is 13.3. The number of methoxy groups -OCH3 is 1. The zero-order valence-corrected chi connectivity index (χ0v) is 16.7. The summed E-state index contributed by atoms with van der Waals surface area (Å²) < 4.78 is 5.49. The second-order valence-electron chi connectivity index (χ2n) is 6.91. The normalized spacial score (nSPS) is 18.6. The van der Waals surface area contributed by atoms with Crippen LogP contribution in [0, 0.1) is 0 Å². The molecule has 0 N–H and O–H groups in total. The molecule has 0 atom stereocenters. The van der Waals surface area contributed by atoms with Crippen LogP contribution in [0.25, 0.3) is 0 Å². The molecule has 2 aliphatic rings. The predicted molar refractivity (Wildman–Crippen MR) is 112 cm³/mol. The molecule has 0 amide bonds. The van der Waals surface area contributed by atoms with Crippen molar-refractivity contribution in [3.05, 3.63) is 42.2 Å². The van der Waals surface area contributed by atoms with Gasteiger partial charge < -0.3 is 14.5 Å². The van der Waals surface area contributed by atoms with Crippen LogP contribution in [0.3, 0.4) is 0 Å². The van der Waals surface area contributed by atoms with Gasteiger partial charge in [-0.05, 0) is 6.07 Å². The lowest BCUT2D eigenvalue weighted by Crippen LogP contribution is -2.46. The molecule has 4 rings (SSSR count). The maximum atomic E-state index is 5.49. The van der Waals surface area contributed by atoms with Crippen molar-refractivity contribution in [2.45, 2.75) is 6.54 Å². The highest BCUT2D eigenvalue weighted by Crippen LogP contribution is 2.23. The van der Waals surface area contributed by atoms with E-state index in [4.69, 9.17) is 4.74 Å². The molecule has 7 heteroatoms. The molecular weight excluding hydrogens is 358 g/mol. The van der Waals surface area contributed by atoms with Gasteiger partial charge in [-0.15, -0.1) is 0 Å². The Hall–Kier alpha value is -1.99. The van der Waals surface area contributed by atoms with Gasteiger partial charge in [0.05, 0.1) is 7.11 Å². The molecule has 6 nitrogen and oxygen atoms in total. The minimum Gasteiger partial charge on any atom is -0.496 e. The molecule has 0 saturated carbocycles. The van der Waals surface area contributed by atoms with Gasteiger partial charge in [0, 0.05) is 68.9 Å². The van der Waals surface area contributed by atoms with E-state index in [2.05, 4.69) is 42.9 Å². The van der Waals surface area contributed by atoms with Crippen molar-refractivity contribution < 1.29 is 4.74 Å². The fourth-order valence-corrected chi connectivity index (χ4v) is 4.59. The van der Waals surface area contributed by atoms with Crippen LogP contribution < -0.4 is 14.5 Å². The van der Waals surface area contributed by atoms with E-state index in [-0.39, 0.29) is 0 Å². The number of thioether (sulfide) groups is 1. The number of benzene rings is 1. The number of para-hydroxylation sites is 1. The molecule has 0 unspecified atom stereocenters. The molecule has 2 fully saturated rings. The molecule has 2 saturated heterocycles. The number of rotatable bonds is 5. The molecule has 1 aromatic carbocycles. The Morgan fingerprint density at radius 1 is 0.926 bits per heavy atom. The lowest BCUT2D eigenvalue weighted by molar-refractivity contribution is 0.245. The third kappa shape index (κ3) is 4.47. The van der Waals surface area contributed by atoms with Crippen LogP contribution in [0.15, 0.2) is 36.7 Å². The summed E-state index contributed by atoms with van der Waals surface area (Å²) in [5.74, 6) is 5.45. The van der Waals surface area contributed by atoms with E-state index in [1.54, 1.807) is 13.4 Å². The highest BCUT2D eigenvalue weighted by molar-refractivity contribution is 7.99. The predicted octanol–water partition coefficient (Wildman–Crippen LogP) is 2.36. The monoisotopic (exact) mass is 385 g/mol. The Morgan fingerprint density at radius 2 is 1.59 bits per heavy atom. The average Bonchev–Trinajstić information content (AvgIpc) is 2.75. The number of nitrogens with zero attached hydrogens (tertiary/aromatic N) is 5. The summed E-state index contributed by atoms with van der Waals surface area (Å²) in [6, 6.07) is 10.4. The van der Waals surface area contributed by atoms with Crippen LogP contribution in [-0.4, -0.2) is 72.8 Å². The van der Waals surface area contributed by atoms with Crippen molar-refractivity contribution in [3.63, 3.8) is 0 Å². The minimum absolute atomic E-state index is 0.929. The molecule has 0 aliphatic carbocycles.